The summed E-state index contributed by atoms with van der Waals surface area (Å²) >= 11 is 14.4. The highest BCUT2D eigenvalue weighted by molar-refractivity contribution is 9.48. The summed E-state index contributed by atoms with van der Waals surface area (Å²) < 4.78 is 255. The van der Waals surface area contributed by atoms with Crippen molar-refractivity contribution in [1.82, 2.24) is 0 Å². The van der Waals surface area contributed by atoms with E-state index in [0.29, 0.717) is 26.1 Å². The Hall–Kier alpha value is -3.84. The highest BCUT2D eigenvalue weighted by Crippen LogP contribution is 3.04. The molecule has 1 heterocycles. The van der Waals surface area contributed by atoms with Crippen LogP contribution in [0.1, 0.15) is 32.1 Å². The fourth-order valence-corrected chi connectivity index (χ4v) is 46.2. The molecule has 28 heteroatoms. The van der Waals surface area contributed by atoms with Gasteiger partial charge in [0.1, 0.15) is 48.6 Å². The Morgan fingerprint density at radius 1 is 0.485 bits per heavy atom. The van der Waals surface area contributed by atoms with Gasteiger partial charge in [-0.15, -0.1) is 26.3 Å². The zero-order chi connectivity index (χ0) is 50.9. The molecule has 0 N–H and O–H groups in total. The van der Waals surface area contributed by atoms with Crippen LogP contribution < -0.4 is 15.3 Å². The Bertz CT molecular complexity index is 2240. The number of unbranched alkanes of at least 4 members (excludes halogenated alkanes) is 1. The number of ether oxygens (including phenoxy) is 2. The van der Waals surface area contributed by atoms with Crippen molar-refractivity contribution in [2.24, 2.45) is 0 Å². The molecule has 0 aromatic heterocycles. The third-order valence-electron chi connectivity index (χ3n) is 7.07. The molecular formula is C38H24F20O2P2S4. The Morgan fingerprint density at radius 2 is 0.864 bits per heavy atom. The minimum absolute atomic E-state index is 0.150. The van der Waals surface area contributed by atoms with Gasteiger partial charge < -0.3 is 9.47 Å². The Kier molecular flexibility index (Phi) is 26.8. The smallest absolute Gasteiger partial charge is 0.460 e. The van der Waals surface area contributed by atoms with E-state index in [1.165, 1.54) is 58.6 Å². The predicted octanol–water partition coefficient (Wildman–Crippen LogP) is 13.5. The topological polar surface area (TPSA) is 18.5 Å². The number of benzene rings is 2. The van der Waals surface area contributed by atoms with E-state index in [-0.39, 0.29) is 5.75 Å². The van der Waals surface area contributed by atoms with Crippen LogP contribution >= 0.6 is 30.9 Å². The van der Waals surface area contributed by atoms with Crippen molar-refractivity contribution in [3.05, 3.63) is 54.3 Å². The molecule has 0 bridgehead atoms. The molecule has 1 aliphatic rings. The quantitative estimate of drug-likeness (QED) is 0.0717. The summed E-state index contributed by atoms with van der Waals surface area (Å²) in [5, 5.41) is 1.53. The summed E-state index contributed by atoms with van der Waals surface area (Å²) in [4.78, 5) is 0. The van der Waals surface area contributed by atoms with Crippen LogP contribution in [-0.4, -0.2) is 55.6 Å². The molecule has 3 rings (SSSR count). The van der Waals surface area contributed by atoms with Gasteiger partial charge in [-0.25, -0.2) is 4.39 Å². The van der Waals surface area contributed by atoms with Crippen LogP contribution in [0.5, 0.6) is 5.75 Å². The van der Waals surface area contributed by atoms with Gasteiger partial charge in [0.25, 0.3) is 0 Å². The second-order valence-electron chi connectivity index (χ2n) is 11.5. The van der Waals surface area contributed by atoms with E-state index in [0.717, 1.165) is 35.3 Å². The van der Waals surface area contributed by atoms with Gasteiger partial charge in [0.2, 0.25) is 0 Å². The van der Waals surface area contributed by atoms with E-state index >= 15 is 0 Å². The molecule has 0 amide bonds. The van der Waals surface area contributed by atoms with Crippen molar-refractivity contribution >= 4 is 65.1 Å². The first kappa shape index (κ1) is 62.2. The molecule has 0 aliphatic carbocycles. The molecule has 0 radical (unpaired) electrons. The van der Waals surface area contributed by atoms with Gasteiger partial charge in [-0.1, -0.05) is 57.5 Å². The second kappa shape index (κ2) is 28.5. The summed E-state index contributed by atoms with van der Waals surface area (Å²) in [7, 11) is 0. The van der Waals surface area contributed by atoms with E-state index < -0.39 is 76.4 Å². The fourth-order valence-electron chi connectivity index (χ4n) is 3.96. The number of hydrogen-bond acceptors (Lipinski definition) is 6. The van der Waals surface area contributed by atoms with Gasteiger partial charge in [-0.2, -0.15) is 57.1 Å². The Labute approximate surface area is 381 Å². The molecule has 0 saturated carbocycles. The lowest BCUT2D eigenvalue weighted by atomic mass is 9.92. The molecule has 2 aromatic rings. The third-order valence-corrected chi connectivity index (χ3v) is 38.3. The van der Waals surface area contributed by atoms with Crippen LogP contribution in [0.2, 0.25) is 0 Å². The Morgan fingerprint density at radius 3 is 1.23 bits per heavy atom. The summed E-state index contributed by atoms with van der Waals surface area (Å²) in [5.74, 6) is -26.5. The minimum atomic E-state index is -7.90. The average molecular weight is 1080 g/mol. The first-order valence-corrected chi connectivity index (χ1v) is 26.5. The lowest BCUT2D eigenvalue weighted by molar-refractivity contribution is -0.440. The van der Waals surface area contributed by atoms with Crippen LogP contribution in [0.15, 0.2) is 48.5 Å². The first-order chi connectivity index (χ1) is 30.6. The molecule has 66 heavy (non-hydrogen) atoms. The zero-order valence-electron chi connectivity index (χ0n) is 32.2. The zero-order valence-corrected chi connectivity index (χ0v) is 37.2. The summed E-state index contributed by atoms with van der Waals surface area (Å²) in [6.07, 6.45) is -4.48. The SMILES string of the molecule is FC#CC#CF.FC#CC#CF.FC#CCCOCCC#CF.Fc1ccc(P2(=S)SP(=S)(c3ccc(OCCCCC(F)(F)C(F)(F)C(F)(F)C(F)(F)C(F)(F)C(F)(F)F)cc3)S2)cc1. The van der Waals surface area contributed by atoms with Crippen molar-refractivity contribution < 1.29 is 97.3 Å². The van der Waals surface area contributed by atoms with Crippen LogP contribution in [0, 0.1) is 78.4 Å². The van der Waals surface area contributed by atoms with E-state index in [1.54, 1.807) is 47.9 Å². The Balaban J connectivity index is 0.00000150. The maximum Gasteiger partial charge on any atom is 0.460 e. The number of hydrogen-bond donors (Lipinski definition) is 0. The van der Waals surface area contributed by atoms with Gasteiger partial charge >= 0.3 is 35.8 Å². The number of rotatable bonds is 16. The number of halogens is 20. The van der Waals surface area contributed by atoms with Gasteiger partial charge in [-0.05, 0) is 61.4 Å². The second-order valence-corrected chi connectivity index (χ2v) is 32.8. The molecule has 2 aromatic carbocycles. The molecule has 0 unspecified atom stereocenters. The third kappa shape index (κ3) is 18.0. The molecule has 2 nitrogen and oxygen atoms in total. The molecule has 362 valence electrons. The maximum atomic E-state index is 13.9. The normalized spacial score (nSPS) is 16.4. The van der Waals surface area contributed by atoms with Crippen molar-refractivity contribution in [2.45, 2.75) is 67.9 Å². The molecular weight excluding hydrogens is 1060 g/mol. The van der Waals surface area contributed by atoms with Gasteiger partial charge in [0.15, 0.2) is 0 Å². The largest absolute Gasteiger partial charge is 0.494 e. The fraction of sp³-hybridized carbons (Fsp3) is 0.368. The molecule has 1 fully saturated rings. The van der Waals surface area contributed by atoms with Gasteiger partial charge in [0, 0.05) is 53.6 Å². The van der Waals surface area contributed by atoms with E-state index in [2.05, 4.69) is 11.8 Å². The highest BCUT2D eigenvalue weighted by atomic mass is 33.7. The van der Waals surface area contributed by atoms with Crippen LogP contribution in [-0.2, 0) is 28.4 Å². The molecule has 1 aliphatic heterocycles. The van der Waals surface area contributed by atoms with Crippen molar-refractivity contribution in [3.63, 3.8) is 0 Å². The minimum Gasteiger partial charge on any atom is -0.494 e. The highest BCUT2D eigenvalue weighted by Gasteiger charge is 2.90. The van der Waals surface area contributed by atoms with Gasteiger partial charge in [-0.3, -0.25) is 0 Å². The standard InChI is InChI=1S/C22H16F14OP2S4.C8H8F2O.2C4F2/c23-13-3-7-15(8-4-13)38(40)42-39(41,43-38)16-9-5-14(6-10-16)37-12-2-1-11-17(24,25)18(26,27)19(28,29)20(30,31)21(32,33)22(34,35)36;9-5-1-3-7-11-8-4-2-6-10;2*5-3-1-2-4-6/h3-10H,1-2,11-12H2;3-4,7-8H2;;. The molecule has 1 saturated heterocycles. The van der Waals surface area contributed by atoms with E-state index in [9.17, 15) is 87.8 Å². The van der Waals surface area contributed by atoms with E-state index in [1.807, 2.05) is 0 Å². The molecule has 0 spiro atoms. The maximum absolute atomic E-state index is 13.9. The van der Waals surface area contributed by atoms with Crippen LogP contribution in [0.4, 0.5) is 87.8 Å². The summed E-state index contributed by atoms with van der Waals surface area (Å²) in [6.45, 7) is 0.262. The summed E-state index contributed by atoms with van der Waals surface area (Å²) in [5.41, 5.74) is 0. The van der Waals surface area contributed by atoms with Crippen molar-refractivity contribution in [1.29, 1.82) is 0 Å². The number of alkyl halides is 13. The predicted molar refractivity (Wildman–Crippen MR) is 219 cm³/mol. The lowest BCUT2D eigenvalue weighted by Gasteiger charge is -2.40. The summed E-state index contributed by atoms with van der Waals surface area (Å²) in [6, 6.07) is 11.9. The van der Waals surface area contributed by atoms with Crippen LogP contribution in [0.3, 0.4) is 0 Å². The molecule has 0 atom stereocenters. The lowest BCUT2D eigenvalue weighted by Crippen LogP contribution is -2.70. The van der Waals surface area contributed by atoms with Gasteiger partial charge in [0.05, 0.1) is 28.7 Å². The van der Waals surface area contributed by atoms with Crippen LogP contribution in [0.25, 0.3) is 0 Å². The van der Waals surface area contributed by atoms with Crippen molar-refractivity contribution in [3.8, 4) is 78.3 Å². The van der Waals surface area contributed by atoms with Crippen molar-refractivity contribution in [2.75, 3.05) is 19.8 Å². The monoisotopic (exact) mass is 1080 g/mol. The first-order valence-electron chi connectivity index (χ1n) is 16.8. The average Bonchev–Trinajstić information content (AvgIpc) is 3.24. The van der Waals surface area contributed by atoms with E-state index in [4.69, 9.17) is 33.1 Å².